The molecule has 0 saturated heterocycles. The zero-order chi connectivity index (χ0) is 12.5. The number of hydrogen-bond acceptors (Lipinski definition) is 4. The molecule has 0 bridgehead atoms. The van der Waals surface area contributed by atoms with Crippen LogP contribution in [-0.4, -0.2) is 38.3 Å². The van der Waals surface area contributed by atoms with Gasteiger partial charge in [-0.3, -0.25) is 0 Å². The predicted octanol–water partition coefficient (Wildman–Crippen LogP) is 1.15. The predicted molar refractivity (Wildman–Crippen MR) is 66.3 cm³/mol. The summed E-state index contributed by atoms with van der Waals surface area (Å²) in [5.41, 5.74) is 0. The first-order valence-electron chi connectivity index (χ1n) is 5.62. The maximum atomic E-state index is 11.8. The number of anilines is 1. The number of nitrogens with zero attached hydrogens (tertiary/aromatic N) is 2. The number of pyridine rings is 1. The molecule has 94 valence electrons. The van der Waals surface area contributed by atoms with Gasteiger partial charge < -0.3 is 5.32 Å². The molecule has 0 aromatic carbocycles. The lowest BCUT2D eigenvalue weighted by atomic mass is 10.4. The summed E-state index contributed by atoms with van der Waals surface area (Å²) >= 11 is 0. The highest BCUT2D eigenvalue weighted by molar-refractivity contribution is 7.89. The Morgan fingerprint density at radius 2 is 2.12 bits per heavy atom. The molecule has 0 unspecified atom stereocenters. The molecular weight excluding hydrogens is 238 g/mol. The molecule has 0 aliphatic heterocycles. The van der Waals surface area contributed by atoms with E-state index in [1.165, 1.54) is 37.4 Å². The summed E-state index contributed by atoms with van der Waals surface area (Å²) in [6, 6.07) is 3.29. The smallest absolute Gasteiger partial charge is 0.244 e. The maximum absolute atomic E-state index is 11.8. The van der Waals surface area contributed by atoms with Gasteiger partial charge in [0.05, 0.1) is 0 Å². The Balaban J connectivity index is 2.06. The van der Waals surface area contributed by atoms with E-state index in [4.69, 9.17) is 0 Å². The van der Waals surface area contributed by atoms with Crippen molar-refractivity contribution in [2.45, 2.75) is 17.7 Å². The fraction of sp³-hybridized carbons (Fsp3) is 0.545. The van der Waals surface area contributed by atoms with Crippen LogP contribution in [0.4, 0.5) is 5.82 Å². The van der Waals surface area contributed by atoms with Gasteiger partial charge in [0.2, 0.25) is 10.0 Å². The van der Waals surface area contributed by atoms with Crippen molar-refractivity contribution in [2.24, 2.45) is 5.92 Å². The molecule has 2 rings (SSSR count). The van der Waals surface area contributed by atoms with Crippen molar-refractivity contribution in [3.63, 3.8) is 0 Å². The first kappa shape index (κ1) is 12.3. The van der Waals surface area contributed by atoms with E-state index in [1.807, 2.05) is 0 Å². The fourth-order valence-corrected chi connectivity index (χ4v) is 2.27. The minimum atomic E-state index is -3.37. The van der Waals surface area contributed by atoms with Crippen molar-refractivity contribution in [2.75, 3.05) is 26.0 Å². The number of aromatic nitrogens is 1. The zero-order valence-electron chi connectivity index (χ0n) is 10.0. The van der Waals surface area contributed by atoms with E-state index in [-0.39, 0.29) is 4.90 Å². The summed E-state index contributed by atoms with van der Waals surface area (Å²) in [5.74, 6) is 1.50. The van der Waals surface area contributed by atoms with Gasteiger partial charge in [-0.05, 0) is 30.9 Å². The van der Waals surface area contributed by atoms with E-state index in [2.05, 4.69) is 10.3 Å². The average Bonchev–Trinajstić information content (AvgIpc) is 3.10. The average molecular weight is 255 g/mol. The molecule has 5 nitrogen and oxygen atoms in total. The van der Waals surface area contributed by atoms with Crippen molar-refractivity contribution >= 4 is 15.8 Å². The van der Waals surface area contributed by atoms with E-state index < -0.39 is 10.0 Å². The van der Waals surface area contributed by atoms with Crippen LogP contribution < -0.4 is 5.32 Å². The van der Waals surface area contributed by atoms with Crippen LogP contribution in [0.1, 0.15) is 12.8 Å². The molecule has 17 heavy (non-hydrogen) atoms. The van der Waals surface area contributed by atoms with Gasteiger partial charge in [-0.25, -0.2) is 17.7 Å². The van der Waals surface area contributed by atoms with Crippen LogP contribution in [0.5, 0.6) is 0 Å². The van der Waals surface area contributed by atoms with Crippen molar-refractivity contribution in [1.29, 1.82) is 0 Å². The Hall–Kier alpha value is -1.14. The SMILES string of the molecule is CN(C)S(=O)(=O)c1ccc(NCC2CC2)nc1. The van der Waals surface area contributed by atoms with E-state index >= 15 is 0 Å². The van der Waals surface area contributed by atoms with Crippen LogP contribution in [0.25, 0.3) is 0 Å². The monoisotopic (exact) mass is 255 g/mol. The largest absolute Gasteiger partial charge is 0.370 e. The van der Waals surface area contributed by atoms with Crippen LogP contribution in [0.2, 0.25) is 0 Å². The van der Waals surface area contributed by atoms with Gasteiger partial charge in [0.1, 0.15) is 10.7 Å². The maximum Gasteiger partial charge on any atom is 0.244 e. The topological polar surface area (TPSA) is 62.3 Å². The molecule has 1 heterocycles. The van der Waals surface area contributed by atoms with Crippen LogP contribution in [0.3, 0.4) is 0 Å². The molecule has 1 N–H and O–H groups in total. The number of hydrogen-bond donors (Lipinski definition) is 1. The van der Waals surface area contributed by atoms with Gasteiger partial charge in [0.25, 0.3) is 0 Å². The van der Waals surface area contributed by atoms with Crippen LogP contribution >= 0.6 is 0 Å². The molecule has 1 fully saturated rings. The molecule has 1 aromatic rings. The third-order valence-corrected chi connectivity index (χ3v) is 4.58. The first-order valence-corrected chi connectivity index (χ1v) is 7.06. The molecule has 1 aliphatic rings. The second-order valence-electron chi connectivity index (χ2n) is 4.49. The normalized spacial score (nSPS) is 16.2. The molecule has 0 spiro atoms. The molecule has 6 heteroatoms. The summed E-state index contributed by atoms with van der Waals surface area (Å²) in [5, 5.41) is 3.19. The van der Waals surface area contributed by atoms with Crippen molar-refractivity contribution < 1.29 is 8.42 Å². The Morgan fingerprint density at radius 1 is 1.41 bits per heavy atom. The van der Waals surface area contributed by atoms with Crippen molar-refractivity contribution in [1.82, 2.24) is 9.29 Å². The van der Waals surface area contributed by atoms with Crippen LogP contribution in [0.15, 0.2) is 23.2 Å². The summed E-state index contributed by atoms with van der Waals surface area (Å²) in [6.45, 7) is 0.923. The second-order valence-corrected chi connectivity index (χ2v) is 6.64. The molecular formula is C11H17N3O2S. The minimum Gasteiger partial charge on any atom is -0.370 e. The van der Waals surface area contributed by atoms with Gasteiger partial charge in [-0.2, -0.15) is 0 Å². The first-order chi connectivity index (χ1) is 8.00. The Labute approximate surface area is 102 Å². The van der Waals surface area contributed by atoms with E-state index in [9.17, 15) is 8.42 Å². The number of sulfonamides is 1. The second kappa shape index (κ2) is 4.62. The van der Waals surface area contributed by atoms with Crippen LogP contribution in [-0.2, 0) is 10.0 Å². The minimum absolute atomic E-state index is 0.222. The van der Waals surface area contributed by atoms with Gasteiger partial charge in [0, 0.05) is 26.8 Å². The lowest BCUT2D eigenvalue weighted by molar-refractivity contribution is 0.520. The Bertz CT molecular complexity index is 478. The quantitative estimate of drug-likeness (QED) is 0.857. The van der Waals surface area contributed by atoms with Gasteiger partial charge >= 0.3 is 0 Å². The Morgan fingerprint density at radius 3 is 2.59 bits per heavy atom. The van der Waals surface area contributed by atoms with E-state index in [0.717, 1.165) is 18.3 Å². The van der Waals surface area contributed by atoms with Crippen molar-refractivity contribution in [3.05, 3.63) is 18.3 Å². The molecule has 0 radical (unpaired) electrons. The van der Waals surface area contributed by atoms with Gasteiger partial charge in [-0.15, -0.1) is 0 Å². The molecule has 1 saturated carbocycles. The lowest BCUT2D eigenvalue weighted by Gasteiger charge is -2.11. The van der Waals surface area contributed by atoms with Crippen LogP contribution in [0, 0.1) is 5.92 Å². The number of nitrogens with one attached hydrogen (secondary N) is 1. The van der Waals surface area contributed by atoms with Gasteiger partial charge in [0.15, 0.2) is 0 Å². The fourth-order valence-electron chi connectivity index (χ4n) is 1.42. The standard InChI is InChI=1S/C11H17N3O2S/c1-14(2)17(15,16)10-5-6-11(13-8-10)12-7-9-3-4-9/h5-6,8-9H,3-4,7H2,1-2H3,(H,12,13). The van der Waals surface area contributed by atoms with E-state index in [0.29, 0.717) is 0 Å². The highest BCUT2D eigenvalue weighted by Gasteiger charge is 2.21. The van der Waals surface area contributed by atoms with E-state index in [1.54, 1.807) is 12.1 Å². The van der Waals surface area contributed by atoms with Crippen molar-refractivity contribution in [3.8, 4) is 0 Å². The summed E-state index contributed by atoms with van der Waals surface area (Å²) in [4.78, 5) is 4.33. The zero-order valence-corrected chi connectivity index (χ0v) is 10.9. The third-order valence-electron chi connectivity index (χ3n) is 2.78. The third kappa shape index (κ3) is 2.95. The lowest BCUT2D eigenvalue weighted by Crippen LogP contribution is -2.22. The molecule has 0 atom stereocenters. The summed E-state index contributed by atoms with van der Waals surface area (Å²) in [6.07, 6.45) is 3.95. The summed E-state index contributed by atoms with van der Waals surface area (Å²) in [7, 11) is -0.352. The highest BCUT2D eigenvalue weighted by atomic mass is 32.2. The number of rotatable bonds is 5. The molecule has 0 amide bonds. The highest BCUT2D eigenvalue weighted by Crippen LogP contribution is 2.28. The molecule has 1 aliphatic carbocycles. The van der Waals surface area contributed by atoms with Gasteiger partial charge in [-0.1, -0.05) is 0 Å². The molecule has 1 aromatic heterocycles. The Kier molecular flexibility index (Phi) is 3.35. The summed E-state index contributed by atoms with van der Waals surface area (Å²) < 4.78 is 24.8.